The summed E-state index contributed by atoms with van der Waals surface area (Å²) in [6.07, 6.45) is -3.18. The van der Waals surface area contributed by atoms with Crippen molar-refractivity contribution in [2.24, 2.45) is 4.99 Å². The van der Waals surface area contributed by atoms with Crippen molar-refractivity contribution in [3.05, 3.63) is 0 Å². The Hall–Kier alpha value is -0.290. The van der Waals surface area contributed by atoms with E-state index in [2.05, 4.69) is 48.2 Å². The minimum absolute atomic E-state index is 0. The SMILES string of the molecule is CN=C(NCCCN(C(C)C)C(C)C)NCCN(C)CC(F)(F)F.I. The van der Waals surface area contributed by atoms with Crippen molar-refractivity contribution in [3.63, 3.8) is 0 Å². The summed E-state index contributed by atoms with van der Waals surface area (Å²) in [5.74, 6) is 0.621. The zero-order valence-electron chi connectivity index (χ0n) is 16.3. The van der Waals surface area contributed by atoms with Crippen LogP contribution in [0, 0.1) is 0 Å². The van der Waals surface area contributed by atoms with Crippen molar-refractivity contribution in [2.75, 3.05) is 46.8 Å². The third kappa shape index (κ3) is 14.6. The Labute approximate surface area is 167 Å². The van der Waals surface area contributed by atoms with Gasteiger partial charge in [-0.05, 0) is 41.2 Å². The molecule has 0 aliphatic rings. The van der Waals surface area contributed by atoms with E-state index in [0.717, 1.165) is 19.5 Å². The number of hydrogen-bond acceptors (Lipinski definition) is 3. The number of likely N-dealkylation sites (N-methyl/N-ethyl adjacent to an activating group) is 1. The van der Waals surface area contributed by atoms with Crippen LogP contribution in [0.5, 0.6) is 0 Å². The highest BCUT2D eigenvalue weighted by molar-refractivity contribution is 14.0. The Morgan fingerprint density at radius 3 is 1.96 bits per heavy atom. The quantitative estimate of drug-likeness (QED) is 0.218. The fraction of sp³-hybridized carbons (Fsp3) is 0.938. The number of halogens is 4. The molecule has 0 spiro atoms. The number of hydrogen-bond donors (Lipinski definition) is 2. The molecule has 0 saturated heterocycles. The van der Waals surface area contributed by atoms with Gasteiger partial charge in [0.05, 0.1) is 6.54 Å². The van der Waals surface area contributed by atoms with Crippen molar-refractivity contribution in [1.29, 1.82) is 0 Å². The highest BCUT2D eigenvalue weighted by Crippen LogP contribution is 2.14. The van der Waals surface area contributed by atoms with Gasteiger partial charge >= 0.3 is 6.18 Å². The average molecular weight is 481 g/mol. The summed E-state index contributed by atoms with van der Waals surface area (Å²) in [7, 11) is 3.11. The molecule has 0 aromatic rings. The molecular formula is C16H35F3IN5. The Bertz CT molecular complexity index is 354. The molecule has 0 fully saturated rings. The van der Waals surface area contributed by atoms with Crippen LogP contribution in [-0.2, 0) is 0 Å². The standard InChI is InChI=1S/C16H34F3N5.HI/c1-13(2)24(14(3)4)10-7-8-21-15(20-5)22-9-11-23(6)12-16(17,18)19;/h13-14H,7-12H2,1-6H3,(H2,20,21,22);1H. The van der Waals surface area contributed by atoms with E-state index in [0.29, 0.717) is 31.1 Å². The van der Waals surface area contributed by atoms with E-state index in [1.807, 2.05) is 0 Å². The van der Waals surface area contributed by atoms with Crippen LogP contribution in [0.1, 0.15) is 34.1 Å². The molecule has 2 N–H and O–H groups in total. The number of nitrogens with one attached hydrogen (secondary N) is 2. The highest BCUT2D eigenvalue weighted by atomic mass is 127. The monoisotopic (exact) mass is 481 g/mol. The predicted octanol–water partition coefficient (Wildman–Crippen LogP) is 2.77. The van der Waals surface area contributed by atoms with Gasteiger partial charge in [-0.2, -0.15) is 13.2 Å². The van der Waals surface area contributed by atoms with Crippen LogP contribution in [0.2, 0.25) is 0 Å². The molecule has 0 aliphatic carbocycles. The summed E-state index contributed by atoms with van der Waals surface area (Å²) in [6.45, 7) is 10.3. The number of rotatable bonds is 10. The lowest BCUT2D eigenvalue weighted by atomic mass is 10.2. The Morgan fingerprint density at radius 1 is 1.00 bits per heavy atom. The summed E-state index contributed by atoms with van der Waals surface area (Å²) in [4.78, 5) is 7.75. The number of aliphatic imine (C=N–C) groups is 1. The second-order valence-electron chi connectivity index (χ2n) is 6.56. The zero-order chi connectivity index (χ0) is 18.8. The number of alkyl halides is 3. The first-order chi connectivity index (χ1) is 11.1. The van der Waals surface area contributed by atoms with Gasteiger partial charge in [0, 0.05) is 45.3 Å². The first kappa shape index (κ1) is 26.9. The van der Waals surface area contributed by atoms with Crippen LogP contribution in [0.3, 0.4) is 0 Å². The number of guanidine groups is 1. The van der Waals surface area contributed by atoms with Gasteiger partial charge < -0.3 is 10.6 Å². The van der Waals surface area contributed by atoms with Gasteiger partial charge in [0.1, 0.15) is 0 Å². The van der Waals surface area contributed by atoms with Crippen LogP contribution in [0.4, 0.5) is 13.2 Å². The van der Waals surface area contributed by atoms with Crippen molar-refractivity contribution >= 4 is 29.9 Å². The van der Waals surface area contributed by atoms with Gasteiger partial charge in [-0.15, -0.1) is 24.0 Å². The summed E-state index contributed by atoms with van der Waals surface area (Å²) >= 11 is 0. The lowest BCUT2D eigenvalue weighted by Crippen LogP contribution is -2.43. The molecule has 152 valence electrons. The molecule has 25 heavy (non-hydrogen) atoms. The smallest absolute Gasteiger partial charge is 0.356 e. The molecule has 0 aliphatic heterocycles. The van der Waals surface area contributed by atoms with Crippen molar-refractivity contribution < 1.29 is 13.2 Å². The maximum atomic E-state index is 12.2. The van der Waals surface area contributed by atoms with Crippen LogP contribution in [0.15, 0.2) is 4.99 Å². The summed E-state index contributed by atoms with van der Waals surface area (Å²) < 4.78 is 36.7. The lowest BCUT2D eigenvalue weighted by Gasteiger charge is -2.30. The molecule has 0 saturated carbocycles. The minimum atomic E-state index is -4.16. The molecule has 5 nitrogen and oxygen atoms in total. The molecular weight excluding hydrogens is 446 g/mol. The molecule has 0 aromatic heterocycles. The fourth-order valence-corrected chi connectivity index (χ4v) is 2.55. The Balaban J connectivity index is 0. The fourth-order valence-electron chi connectivity index (χ4n) is 2.55. The topological polar surface area (TPSA) is 42.9 Å². The van der Waals surface area contributed by atoms with Crippen molar-refractivity contribution in [3.8, 4) is 0 Å². The highest BCUT2D eigenvalue weighted by Gasteiger charge is 2.28. The van der Waals surface area contributed by atoms with Crippen molar-refractivity contribution in [1.82, 2.24) is 20.4 Å². The molecule has 0 atom stereocenters. The van der Waals surface area contributed by atoms with E-state index >= 15 is 0 Å². The summed E-state index contributed by atoms with van der Waals surface area (Å²) in [5, 5.41) is 6.23. The second-order valence-corrected chi connectivity index (χ2v) is 6.56. The average Bonchev–Trinajstić information content (AvgIpc) is 2.42. The lowest BCUT2D eigenvalue weighted by molar-refractivity contribution is -0.142. The van der Waals surface area contributed by atoms with Gasteiger partial charge in [0.15, 0.2) is 5.96 Å². The minimum Gasteiger partial charge on any atom is -0.356 e. The molecule has 0 amide bonds. The van der Waals surface area contributed by atoms with E-state index in [-0.39, 0.29) is 24.0 Å². The maximum absolute atomic E-state index is 12.2. The first-order valence-corrected chi connectivity index (χ1v) is 8.52. The van der Waals surface area contributed by atoms with E-state index in [1.165, 1.54) is 11.9 Å². The third-order valence-electron chi connectivity index (χ3n) is 3.67. The second kappa shape index (κ2) is 13.9. The normalized spacial score (nSPS) is 12.9. The largest absolute Gasteiger partial charge is 0.401 e. The van der Waals surface area contributed by atoms with Crippen LogP contribution in [-0.4, -0.2) is 80.8 Å². The van der Waals surface area contributed by atoms with Crippen molar-refractivity contribution in [2.45, 2.75) is 52.4 Å². The van der Waals surface area contributed by atoms with Crippen LogP contribution in [0.25, 0.3) is 0 Å². The van der Waals surface area contributed by atoms with E-state index in [4.69, 9.17) is 0 Å². The molecule has 0 unspecified atom stereocenters. The predicted molar refractivity (Wildman–Crippen MR) is 110 cm³/mol. The molecule has 0 heterocycles. The zero-order valence-corrected chi connectivity index (χ0v) is 18.6. The molecule has 0 rings (SSSR count). The van der Waals surface area contributed by atoms with Gasteiger partial charge in [0.25, 0.3) is 0 Å². The molecule has 0 aromatic carbocycles. The van der Waals surface area contributed by atoms with E-state index in [1.54, 1.807) is 7.05 Å². The third-order valence-corrected chi connectivity index (χ3v) is 3.67. The van der Waals surface area contributed by atoms with Gasteiger partial charge in [0.2, 0.25) is 0 Å². The molecule has 9 heteroatoms. The number of nitrogens with zero attached hydrogens (tertiary/aromatic N) is 3. The summed E-state index contributed by atoms with van der Waals surface area (Å²) in [5.41, 5.74) is 0. The Morgan fingerprint density at radius 2 is 1.52 bits per heavy atom. The Kier molecular flexibility index (Phi) is 14.9. The van der Waals surface area contributed by atoms with Gasteiger partial charge in [-0.1, -0.05) is 0 Å². The van der Waals surface area contributed by atoms with Gasteiger partial charge in [-0.3, -0.25) is 14.8 Å². The van der Waals surface area contributed by atoms with Gasteiger partial charge in [-0.25, -0.2) is 0 Å². The summed E-state index contributed by atoms with van der Waals surface area (Å²) in [6, 6.07) is 1.01. The van der Waals surface area contributed by atoms with Crippen LogP contribution >= 0.6 is 24.0 Å². The van der Waals surface area contributed by atoms with E-state index < -0.39 is 12.7 Å². The van der Waals surface area contributed by atoms with E-state index in [9.17, 15) is 13.2 Å². The maximum Gasteiger partial charge on any atom is 0.401 e. The molecule has 0 bridgehead atoms. The first-order valence-electron chi connectivity index (χ1n) is 8.52. The van der Waals surface area contributed by atoms with Crippen LogP contribution < -0.4 is 10.6 Å². The molecule has 0 radical (unpaired) electrons.